The molecule has 3 rings (SSSR count). The van der Waals surface area contributed by atoms with Gasteiger partial charge in [0, 0.05) is 11.3 Å². The van der Waals surface area contributed by atoms with E-state index >= 15 is 0 Å². The number of nitrogens with one attached hydrogen (secondary N) is 1. The third-order valence-electron chi connectivity index (χ3n) is 3.60. The van der Waals surface area contributed by atoms with E-state index in [4.69, 9.17) is 21.1 Å². The Morgan fingerprint density at radius 3 is 2.71 bits per heavy atom. The first kappa shape index (κ1) is 16.1. The van der Waals surface area contributed by atoms with Gasteiger partial charge >= 0.3 is 5.97 Å². The average Bonchev–Trinajstić information content (AvgIpc) is 3.05. The molecule has 2 aromatic rings. The maximum Gasteiger partial charge on any atom is 0.337 e. The molecule has 1 N–H and O–H groups in total. The van der Waals surface area contributed by atoms with Crippen molar-refractivity contribution < 1.29 is 23.8 Å². The number of hydrogen-bond acceptors (Lipinski definition) is 5. The number of rotatable bonds is 3. The van der Waals surface area contributed by atoms with Crippen LogP contribution in [0.3, 0.4) is 0 Å². The lowest BCUT2D eigenvalue weighted by Gasteiger charge is -2.11. The van der Waals surface area contributed by atoms with E-state index in [1.165, 1.54) is 13.2 Å². The molecule has 1 aliphatic rings. The quantitative estimate of drug-likeness (QED) is 0.861. The molecule has 0 aromatic heterocycles. The molecule has 1 amide bonds. The van der Waals surface area contributed by atoms with Crippen molar-refractivity contribution in [3.05, 3.63) is 52.0 Å². The van der Waals surface area contributed by atoms with Crippen LogP contribution in [0.5, 0.6) is 11.5 Å². The Bertz CT molecular complexity index is 834. The lowest BCUT2D eigenvalue weighted by Crippen LogP contribution is -2.13. The Morgan fingerprint density at radius 2 is 1.96 bits per heavy atom. The lowest BCUT2D eigenvalue weighted by molar-refractivity contribution is 0.0600. The normalized spacial score (nSPS) is 12.0. The first-order valence-corrected chi connectivity index (χ1v) is 7.47. The van der Waals surface area contributed by atoms with E-state index in [-0.39, 0.29) is 12.7 Å². The van der Waals surface area contributed by atoms with Gasteiger partial charge in [-0.25, -0.2) is 4.79 Å². The summed E-state index contributed by atoms with van der Waals surface area (Å²) in [5, 5.41) is 3.06. The second-order valence-electron chi connectivity index (χ2n) is 5.17. The third kappa shape index (κ3) is 3.00. The van der Waals surface area contributed by atoms with Crippen LogP contribution in [0.25, 0.3) is 0 Å². The van der Waals surface area contributed by atoms with E-state index in [1.54, 1.807) is 24.3 Å². The van der Waals surface area contributed by atoms with Gasteiger partial charge in [-0.3, -0.25) is 4.79 Å². The van der Waals surface area contributed by atoms with Crippen molar-refractivity contribution >= 4 is 29.2 Å². The van der Waals surface area contributed by atoms with Crippen LogP contribution in [-0.4, -0.2) is 25.8 Å². The molecule has 0 saturated carbocycles. The number of carbonyl (C=O) groups is 2. The predicted molar refractivity (Wildman–Crippen MR) is 88.0 cm³/mol. The molecule has 1 heterocycles. The SMILES string of the molecule is COC(=O)c1ccc(C)c(NC(=O)c2cc(Cl)c3c(c2)OCO3)c1. The Hall–Kier alpha value is -2.73. The van der Waals surface area contributed by atoms with Crippen LogP contribution in [0.4, 0.5) is 5.69 Å². The van der Waals surface area contributed by atoms with Crippen molar-refractivity contribution in [2.75, 3.05) is 19.2 Å². The van der Waals surface area contributed by atoms with Crippen molar-refractivity contribution in [1.29, 1.82) is 0 Å². The predicted octanol–water partition coefficient (Wildman–Crippen LogP) is 3.42. The van der Waals surface area contributed by atoms with E-state index in [0.717, 1.165) is 5.56 Å². The second-order valence-corrected chi connectivity index (χ2v) is 5.57. The molecule has 0 bridgehead atoms. The Morgan fingerprint density at radius 1 is 1.17 bits per heavy atom. The number of carbonyl (C=O) groups excluding carboxylic acids is 2. The van der Waals surface area contributed by atoms with Gasteiger partial charge in [0.05, 0.1) is 17.7 Å². The fourth-order valence-electron chi connectivity index (χ4n) is 2.29. The van der Waals surface area contributed by atoms with Gasteiger partial charge in [-0.05, 0) is 36.8 Å². The van der Waals surface area contributed by atoms with Gasteiger partial charge in [-0.15, -0.1) is 0 Å². The monoisotopic (exact) mass is 347 g/mol. The summed E-state index contributed by atoms with van der Waals surface area (Å²) in [6.45, 7) is 1.89. The average molecular weight is 348 g/mol. The van der Waals surface area contributed by atoms with Gasteiger partial charge in [0.2, 0.25) is 6.79 Å². The number of ether oxygens (including phenoxy) is 3. The summed E-state index contributed by atoms with van der Waals surface area (Å²) >= 11 is 6.09. The van der Waals surface area contributed by atoms with Gasteiger partial charge in [0.1, 0.15) is 0 Å². The minimum atomic E-state index is -0.475. The molecular weight excluding hydrogens is 334 g/mol. The van der Waals surface area contributed by atoms with Gasteiger partial charge in [0.25, 0.3) is 5.91 Å². The molecule has 0 radical (unpaired) electrons. The fraction of sp³-hybridized carbons (Fsp3) is 0.176. The summed E-state index contributed by atoms with van der Waals surface area (Å²) in [4.78, 5) is 24.1. The second kappa shape index (κ2) is 6.41. The van der Waals surface area contributed by atoms with Crippen molar-refractivity contribution in [3.63, 3.8) is 0 Å². The standard InChI is InChI=1S/C17H14ClNO5/c1-9-3-4-10(17(21)22-2)6-13(9)19-16(20)11-5-12(18)15-14(7-11)23-8-24-15/h3-7H,8H2,1-2H3,(H,19,20). The summed E-state index contributed by atoms with van der Waals surface area (Å²) in [7, 11) is 1.30. The van der Waals surface area contributed by atoms with Gasteiger partial charge in [0.15, 0.2) is 11.5 Å². The summed E-state index contributed by atoms with van der Waals surface area (Å²) in [6.07, 6.45) is 0. The van der Waals surface area contributed by atoms with Gasteiger partial charge < -0.3 is 19.5 Å². The van der Waals surface area contributed by atoms with Crippen molar-refractivity contribution in [1.82, 2.24) is 0 Å². The highest BCUT2D eigenvalue weighted by Gasteiger charge is 2.21. The van der Waals surface area contributed by atoms with Crippen LogP contribution in [0, 0.1) is 6.92 Å². The molecule has 0 unspecified atom stereocenters. The number of esters is 1. The molecular formula is C17H14ClNO5. The van der Waals surface area contributed by atoms with E-state index in [1.807, 2.05) is 6.92 Å². The summed E-state index contributed by atoms with van der Waals surface area (Å²) in [5.41, 5.74) is 1.99. The van der Waals surface area contributed by atoms with Crippen LogP contribution in [0.1, 0.15) is 26.3 Å². The number of amides is 1. The minimum Gasteiger partial charge on any atom is -0.465 e. The number of benzene rings is 2. The molecule has 0 spiro atoms. The van der Waals surface area contributed by atoms with Crippen molar-refractivity contribution in [2.24, 2.45) is 0 Å². The molecule has 0 saturated heterocycles. The van der Waals surface area contributed by atoms with Crippen LogP contribution >= 0.6 is 11.6 Å². The zero-order chi connectivity index (χ0) is 17.3. The number of methoxy groups -OCH3 is 1. The molecule has 24 heavy (non-hydrogen) atoms. The van der Waals surface area contributed by atoms with E-state index in [0.29, 0.717) is 33.3 Å². The molecule has 2 aromatic carbocycles. The third-order valence-corrected chi connectivity index (χ3v) is 3.88. The molecule has 6 nitrogen and oxygen atoms in total. The number of halogens is 1. The molecule has 0 fully saturated rings. The van der Waals surface area contributed by atoms with Crippen molar-refractivity contribution in [3.8, 4) is 11.5 Å². The lowest BCUT2D eigenvalue weighted by atomic mass is 10.1. The van der Waals surface area contributed by atoms with Crippen LogP contribution in [0.2, 0.25) is 5.02 Å². The van der Waals surface area contributed by atoms with E-state index in [9.17, 15) is 9.59 Å². The largest absolute Gasteiger partial charge is 0.465 e. The number of fused-ring (bicyclic) bond motifs is 1. The van der Waals surface area contributed by atoms with E-state index < -0.39 is 5.97 Å². The first-order chi connectivity index (χ1) is 11.5. The maximum absolute atomic E-state index is 12.5. The highest BCUT2D eigenvalue weighted by atomic mass is 35.5. The number of hydrogen-bond donors (Lipinski definition) is 1. The summed E-state index contributed by atoms with van der Waals surface area (Å²) < 4.78 is 15.2. The number of aryl methyl sites for hydroxylation is 1. The molecule has 124 valence electrons. The maximum atomic E-state index is 12.5. The zero-order valence-electron chi connectivity index (χ0n) is 13.0. The first-order valence-electron chi connectivity index (χ1n) is 7.09. The van der Waals surface area contributed by atoms with Crippen LogP contribution < -0.4 is 14.8 Å². The van der Waals surface area contributed by atoms with E-state index in [2.05, 4.69) is 10.1 Å². The topological polar surface area (TPSA) is 73.9 Å². The fourth-order valence-corrected chi connectivity index (χ4v) is 2.56. The minimum absolute atomic E-state index is 0.0698. The highest BCUT2D eigenvalue weighted by Crippen LogP contribution is 2.39. The zero-order valence-corrected chi connectivity index (χ0v) is 13.8. The van der Waals surface area contributed by atoms with Gasteiger partial charge in [-0.2, -0.15) is 0 Å². The molecule has 0 aliphatic carbocycles. The Kier molecular flexibility index (Phi) is 4.31. The summed E-state index contributed by atoms with van der Waals surface area (Å²) in [5.74, 6) is 0.00158. The molecule has 1 aliphatic heterocycles. The van der Waals surface area contributed by atoms with Crippen molar-refractivity contribution in [2.45, 2.75) is 6.92 Å². The molecule has 0 atom stereocenters. The smallest absolute Gasteiger partial charge is 0.337 e. The summed E-state index contributed by atoms with van der Waals surface area (Å²) in [6, 6.07) is 7.99. The Balaban J connectivity index is 1.88. The Labute approximate surface area is 143 Å². The van der Waals surface area contributed by atoms with Crippen LogP contribution in [0.15, 0.2) is 30.3 Å². The highest BCUT2D eigenvalue weighted by molar-refractivity contribution is 6.32. The van der Waals surface area contributed by atoms with Crippen LogP contribution in [-0.2, 0) is 4.74 Å². The van der Waals surface area contributed by atoms with Gasteiger partial charge in [-0.1, -0.05) is 17.7 Å². The molecule has 7 heteroatoms. The number of anilines is 1.